The van der Waals surface area contributed by atoms with Crippen LogP contribution in [-0.4, -0.2) is 20.8 Å². The van der Waals surface area contributed by atoms with Crippen LogP contribution >= 0.6 is 0 Å². The maximum absolute atomic E-state index is 12.2. The van der Waals surface area contributed by atoms with Crippen LogP contribution in [0.1, 0.15) is 43.5 Å². The average Bonchev–Trinajstić information content (AvgIpc) is 3.15. The number of hydrogen-bond donors (Lipinski definition) is 2. The maximum Gasteiger partial charge on any atom is 0.315 e. The highest BCUT2D eigenvalue weighted by Gasteiger charge is 2.27. The quantitative estimate of drug-likeness (QED) is 0.890. The van der Waals surface area contributed by atoms with Gasteiger partial charge in [-0.2, -0.15) is 0 Å². The van der Waals surface area contributed by atoms with Gasteiger partial charge in [-0.25, -0.2) is 4.79 Å². The van der Waals surface area contributed by atoms with Gasteiger partial charge < -0.3 is 15.2 Å². The van der Waals surface area contributed by atoms with Crippen LogP contribution in [0.4, 0.5) is 4.79 Å². The van der Waals surface area contributed by atoms with E-state index < -0.39 is 0 Å². The highest BCUT2D eigenvalue weighted by Crippen LogP contribution is 2.24. The van der Waals surface area contributed by atoms with E-state index in [9.17, 15) is 4.79 Å². The summed E-state index contributed by atoms with van der Waals surface area (Å²) in [7, 11) is 0. The molecule has 0 bridgehead atoms. The molecule has 122 valence electrons. The summed E-state index contributed by atoms with van der Waals surface area (Å²) in [6.07, 6.45) is 2.07. The van der Waals surface area contributed by atoms with Gasteiger partial charge in [0, 0.05) is 19.5 Å². The number of fused-ring (bicyclic) bond motifs is 1. The van der Waals surface area contributed by atoms with Crippen molar-refractivity contribution in [2.24, 2.45) is 5.92 Å². The number of nitrogens with zero attached hydrogens (tertiary/aromatic N) is 3. The number of hydrogen-bond acceptors (Lipinski definition) is 3. The van der Waals surface area contributed by atoms with Crippen molar-refractivity contribution >= 4 is 6.03 Å². The first-order valence-electron chi connectivity index (χ1n) is 8.15. The van der Waals surface area contributed by atoms with Gasteiger partial charge in [0.2, 0.25) is 0 Å². The third-order valence-corrected chi connectivity index (χ3v) is 4.17. The number of amides is 2. The predicted molar refractivity (Wildman–Crippen MR) is 87.7 cm³/mol. The minimum atomic E-state index is -0.178. The summed E-state index contributed by atoms with van der Waals surface area (Å²) >= 11 is 0. The Kier molecular flexibility index (Phi) is 4.60. The molecule has 0 fully saturated rings. The Balaban J connectivity index is 1.64. The van der Waals surface area contributed by atoms with Gasteiger partial charge in [-0.15, -0.1) is 10.2 Å². The van der Waals surface area contributed by atoms with E-state index in [-0.39, 0.29) is 18.0 Å². The van der Waals surface area contributed by atoms with E-state index in [1.807, 2.05) is 30.3 Å². The molecule has 1 aliphatic heterocycles. The second-order valence-corrected chi connectivity index (χ2v) is 6.26. The third-order valence-electron chi connectivity index (χ3n) is 4.17. The molecule has 0 saturated heterocycles. The van der Waals surface area contributed by atoms with Crippen LogP contribution in [0.5, 0.6) is 0 Å². The Hall–Kier alpha value is -2.37. The minimum absolute atomic E-state index is 0.134. The van der Waals surface area contributed by atoms with Gasteiger partial charge in [-0.3, -0.25) is 0 Å². The van der Waals surface area contributed by atoms with Crippen LogP contribution in [0.25, 0.3) is 0 Å². The van der Waals surface area contributed by atoms with E-state index in [0.29, 0.717) is 6.54 Å². The second-order valence-electron chi connectivity index (χ2n) is 6.26. The summed E-state index contributed by atoms with van der Waals surface area (Å²) in [5, 5.41) is 14.5. The number of nitrogens with one attached hydrogen (secondary N) is 2. The van der Waals surface area contributed by atoms with Crippen molar-refractivity contribution in [3.05, 3.63) is 47.5 Å². The van der Waals surface area contributed by atoms with Gasteiger partial charge in [0.1, 0.15) is 5.82 Å². The molecule has 1 aromatic heterocycles. The number of benzene rings is 1. The van der Waals surface area contributed by atoms with Crippen molar-refractivity contribution < 1.29 is 4.79 Å². The molecule has 1 atom stereocenters. The van der Waals surface area contributed by atoms with E-state index in [4.69, 9.17) is 0 Å². The maximum atomic E-state index is 12.2. The zero-order valence-electron chi connectivity index (χ0n) is 13.6. The fourth-order valence-corrected chi connectivity index (χ4v) is 2.90. The fourth-order valence-electron chi connectivity index (χ4n) is 2.90. The van der Waals surface area contributed by atoms with Crippen molar-refractivity contribution in [1.82, 2.24) is 25.4 Å². The van der Waals surface area contributed by atoms with E-state index in [1.54, 1.807) is 0 Å². The number of aryl methyl sites for hydroxylation is 1. The molecule has 2 heterocycles. The van der Waals surface area contributed by atoms with E-state index in [2.05, 4.69) is 39.2 Å². The lowest BCUT2D eigenvalue weighted by Gasteiger charge is -2.22. The molecule has 2 N–H and O–H groups in total. The highest BCUT2D eigenvalue weighted by atomic mass is 16.2. The minimum Gasteiger partial charge on any atom is -0.334 e. The van der Waals surface area contributed by atoms with Crippen LogP contribution in [0.15, 0.2) is 30.3 Å². The average molecular weight is 313 g/mol. The Labute approximate surface area is 136 Å². The second kappa shape index (κ2) is 6.81. The monoisotopic (exact) mass is 313 g/mol. The smallest absolute Gasteiger partial charge is 0.315 e. The molecule has 6 nitrogen and oxygen atoms in total. The predicted octanol–water partition coefficient (Wildman–Crippen LogP) is 2.42. The number of carbonyl (C=O) groups is 1. The standard InChI is InChI=1S/C17H23N5O/c1-12(2)15(16-21-20-14-9-6-10-22(14)16)19-17(23)18-11-13-7-4-3-5-8-13/h3-5,7-8,12,15H,6,9-11H2,1-2H3,(H2,18,19,23). The van der Waals surface area contributed by atoms with Crippen molar-refractivity contribution in [2.75, 3.05) is 0 Å². The van der Waals surface area contributed by atoms with Crippen LogP contribution in [0.2, 0.25) is 0 Å². The summed E-state index contributed by atoms with van der Waals surface area (Å²) in [6.45, 7) is 5.61. The lowest BCUT2D eigenvalue weighted by atomic mass is 10.0. The van der Waals surface area contributed by atoms with Crippen LogP contribution in [-0.2, 0) is 19.5 Å². The zero-order valence-corrected chi connectivity index (χ0v) is 13.6. The molecule has 3 rings (SSSR count). The van der Waals surface area contributed by atoms with Crippen LogP contribution in [0, 0.1) is 5.92 Å². The summed E-state index contributed by atoms with van der Waals surface area (Å²) in [5.41, 5.74) is 1.08. The van der Waals surface area contributed by atoms with Crippen molar-refractivity contribution in [1.29, 1.82) is 0 Å². The molecule has 0 saturated carbocycles. The van der Waals surface area contributed by atoms with Gasteiger partial charge in [0.15, 0.2) is 5.82 Å². The van der Waals surface area contributed by atoms with Crippen molar-refractivity contribution in [3.8, 4) is 0 Å². The van der Waals surface area contributed by atoms with E-state index in [0.717, 1.165) is 36.6 Å². The molecule has 1 aliphatic rings. The molecular weight excluding hydrogens is 290 g/mol. The molecule has 6 heteroatoms. The SMILES string of the molecule is CC(C)C(NC(=O)NCc1ccccc1)c1nnc2n1CCC2. The third kappa shape index (κ3) is 3.52. The largest absolute Gasteiger partial charge is 0.334 e. The van der Waals surface area contributed by atoms with Crippen molar-refractivity contribution in [2.45, 2.75) is 45.8 Å². The molecule has 2 aromatic rings. The summed E-state index contributed by atoms with van der Waals surface area (Å²) in [6, 6.07) is 9.56. The molecular formula is C17H23N5O. The Morgan fingerprint density at radius 2 is 2.04 bits per heavy atom. The summed E-state index contributed by atoms with van der Waals surface area (Å²) < 4.78 is 2.14. The highest BCUT2D eigenvalue weighted by molar-refractivity contribution is 5.74. The van der Waals surface area contributed by atoms with Gasteiger partial charge >= 0.3 is 6.03 Å². The molecule has 0 spiro atoms. The lowest BCUT2D eigenvalue weighted by molar-refractivity contribution is 0.231. The molecule has 1 aromatic carbocycles. The molecule has 0 aliphatic carbocycles. The van der Waals surface area contributed by atoms with Gasteiger partial charge in [0.05, 0.1) is 6.04 Å². The van der Waals surface area contributed by atoms with Gasteiger partial charge in [0.25, 0.3) is 0 Å². The molecule has 1 unspecified atom stereocenters. The molecule has 2 amide bonds. The number of carbonyl (C=O) groups excluding carboxylic acids is 1. The Morgan fingerprint density at radius 1 is 1.26 bits per heavy atom. The number of aromatic nitrogens is 3. The normalized spacial score (nSPS) is 14.6. The summed E-state index contributed by atoms with van der Waals surface area (Å²) in [4.78, 5) is 12.2. The lowest BCUT2D eigenvalue weighted by Crippen LogP contribution is -2.40. The van der Waals surface area contributed by atoms with Crippen LogP contribution < -0.4 is 10.6 Å². The first-order chi connectivity index (χ1) is 11.1. The van der Waals surface area contributed by atoms with Crippen molar-refractivity contribution in [3.63, 3.8) is 0 Å². The van der Waals surface area contributed by atoms with E-state index >= 15 is 0 Å². The topological polar surface area (TPSA) is 71.8 Å². The zero-order chi connectivity index (χ0) is 16.2. The number of rotatable bonds is 5. The van der Waals surface area contributed by atoms with Gasteiger partial charge in [-0.1, -0.05) is 44.2 Å². The summed E-state index contributed by atoms with van der Waals surface area (Å²) in [5.74, 6) is 2.13. The Bertz CT molecular complexity index is 665. The fraction of sp³-hybridized carbons (Fsp3) is 0.471. The molecule has 0 radical (unpaired) electrons. The van der Waals surface area contributed by atoms with Crippen LogP contribution in [0.3, 0.4) is 0 Å². The van der Waals surface area contributed by atoms with E-state index in [1.165, 1.54) is 0 Å². The Morgan fingerprint density at radius 3 is 2.78 bits per heavy atom. The van der Waals surface area contributed by atoms with Gasteiger partial charge in [-0.05, 0) is 17.9 Å². The number of urea groups is 1. The first-order valence-corrected chi connectivity index (χ1v) is 8.15. The molecule has 23 heavy (non-hydrogen) atoms. The first kappa shape index (κ1) is 15.5.